The molecule has 1 atom stereocenters. The Kier molecular flexibility index (Phi) is 5.44. The number of aromatic nitrogens is 2. The second kappa shape index (κ2) is 8.53. The van der Waals surface area contributed by atoms with Crippen LogP contribution in [0.15, 0.2) is 87.8 Å². The summed E-state index contributed by atoms with van der Waals surface area (Å²) in [6, 6.07) is 18.6. The van der Waals surface area contributed by atoms with Crippen LogP contribution in [0.1, 0.15) is 23.8 Å². The first kappa shape index (κ1) is 19.8. The zero-order chi connectivity index (χ0) is 21.2. The standard InChI is InChI=1S/C23H17ClN4O2S/c24-16-9-7-15(8-10-16)19-12-20(21-6-3-11-30-21)28(27-19)22(29)13-31-23-17-4-1-2-5-18(17)25-14-26-23/h1-11,14,20H,12-13H2. The fraction of sp³-hybridized carbons (Fsp3) is 0.130. The molecule has 1 aliphatic rings. The Morgan fingerprint density at radius 2 is 1.94 bits per heavy atom. The minimum absolute atomic E-state index is 0.113. The Balaban J connectivity index is 1.39. The van der Waals surface area contributed by atoms with Crippen molar-refractivity contribution in [3.63, 3.8) is 0 Å². The first-order valence-corrected chi connectivity index (χ1v) is 11.1. The molecule has 154 valence electrons. The number of carbonyl (C=O) groups is 1. The molecule has 2 aromatic heterocycles. The Morgan fingerprint density at radius 1 is 1.10 bits per heavy atom. The molecule has 0 fully saturated rings. The van der Waals surface area contributed by atoms with E-state index in [2.05, 4.69) is 15.1 Å². The SMILES string of the molecule is O=C(CSc1ncnc2ccccc12)N1N=C(c2ccc(Cl)cc2)CC1c1ccco1. The molecular weight excluding hydrogens is 432 g/mol. The molecule has 6 nitrogen and oxygen atoms in total. The molecule has 3 heterocycles. The highest BCUT2D eigenvalue weighted by Crippen LogP contribution is 2.34. The Bertz CT molecular complexity index is 1250. The number of nitrogens with zero attached hydrogens (tertiary/aromatic N) is 4. The Morgan fingerprint density at radius 3 is 2.74 bits per heavy atom. The van der Waals surface area contributed by atoms with Gasteiger partial charge < -0.3 is 4.42 Å². The number of fused-ring (bicyclic) bond motifs is 1. The zero-order valence-corrected chi connectivity index (χ0v) is 17.9. The molecule has 31 heavy (non-hydrogen) atoms. The zero-order valence-electron chi connectivity index (χ0n) is 16.3. The first-order chi connectivity index (χ1) is 15.2. The van der Waals surface area contributed by atoms with Crippen molar-refractivity contribution in [1.82, 2.24) is 15.0 Å². The number of para-hydroxylation sites is 1. The van der Waals surface area contributed by atoms with Gasteiger partial charge in [0.25, 0.3) is 5.91 Å². The van der Waals surface area contributed by atoms with Crippen LogP contribution < -0.4 is 0 Å². The molecule has 4 aromatic rings. The number of hydrogen-bond acceptors (Lipinski definition) is 6. The van der Waals surface area contributed by atoms with Gasteiger partial charge in [-0.05, 0) is 35.9 Å². The molecule has 0 radical (unpaired) electrons. The van der Waals surface area contributed by atoms with Gasteiger partial charge in [0.05, 0.1) is 23.2 Å². The summed E-state index contributed by atoms with van der Waals surface area (Å²) < 4.78 is 5.61. The summed E-state index contributed by atoms with van der Waals surface area (Å²) in [5, 5.41) is 8.54. The number of amides is 1. The lowest BCUT2D eigenvalue weighted by Gasteiger charge is -2.19. The fourth-order valence-corrected chi connectivity index (χ4v) is 4.52. The van der Waals surface area contributed by atoms with Gasteiger partial charge in [0.2, 0.25) is 0 Å². The van der Waals surface area contributed by atoms with E-state index >= 15 is 0 Å². The molecule has 0 bridgehead atoms. The minimum atomic E-state index is -0.282. The largest absolute Gasteiger partial charge is 0.467 e. The molecule has 0 spiro atoms. The molecule has 0 N–H and O–H groups in total. The molecule has 2 aromatic carbocycles. The number of rotatable bonds is 5. The maximum atomic E-state index is 13.2. The van der Waals surface area contributed by atoms with E-state index in [1.165, 1.54) is 23.1 Å². The lowest BCUT2D eigenvalue weighted by Crippen LogP contribution is -2.28. The highest BCUT2D eigenvalue weighted by atomic mass is 35.5. The van der Waals surface area contributed by atoms with Crippen LogP contribution in [0.4, 0.5) is 0 Å². The van der Waals surface area contributed by atoms with E-state index in [1.807, 2.05) is 60.7 Å². The third-order valence-corrected chi connectivity index (χ3v) is 6.30. The number of hydrazone groups is 1. The maximum Gasteiger partial charge on any atom is 0.253 e. The Labute approximate surface area is 187 Å². The van der Waals surface area contributed by atoms with Crippen LogP contribution >= 0.6 is 23.4 Å². The molecular formula is C23H17ClN4O2S. The van der Waals surface area contributed by atoms with E-state index in [9.17, 15) is 4.79 Å². The summed E-state index contributed by atoms with van der Waals surface area (Å²) in [4.78, 5) is 21.8. The number of thioether (sulfide) groups is 1. The average molecular weight is 449 g/mol. The molecule has 0 saturated heterocycles. The van der Waals surface area contributed by atoms with Crippen LogP contribution in [0, 0.1) is 0 Å². The summed E-state index contributed by atoms with van der Waals surface area (Å²) >= 11 is 7.40. The Hall–Kier alpha value is -3.16. The van der Waals surface area contributed by atoms with Crippen LogP contribution in [0.5, 0.6) is 0 Å². The first-order valence-electron chi connectivity index (χ1n) is 9.70. The van der Waals surface area contributed by atoms with Gasteiger partial charge in [0.1, 0.15) is 23.2 Å². The van der Waals surface area contributed by atoms with Gasteiger partial charge >= 0.3 is 0 Å². The van der Waals surface area contributed by atoms with Crippen LogP contribution in [0.25, 0.3) is 10.9 Å². The monoisotopic (exact) mass is 448 g/mol. The van der Waals surface area contributed by atoms with E-state index in [1.54, 1.807) is 6.26 Å². The number of halogens is 1. The summed E-state index contributed by atoms with van der Waals surface area (Å²) in [6.07, 6.45) is 3.70. The van der Waals surface area contributed by atoms with Gasteiger partial charge in [0.15, 0.2) is 0 Å². The van der Waals surface area contributed by atoms with Crippen LogP contribution in [-0.4, -0.2) is 32.3 Å². The van der Waals surface area contributed by atoms with Crippen molar-refractivity contribution in [2.24, 2.45) is 5.10 Å². The highest BCUT2D eigenvalue weighted by molar-refractivity contribution is 8.00. The number of hydrogen-bond donors (Lipinski definition) is 0. The van der Waals surface area contributed by atoms with E-state index in [0.29, 0.717) is 17.2 Å². The number of furan rings is 1. The third kappa shape index (κ3) is 4.06. The number of carbonyl (C=O) groups excluding carboxylic acids is 1. The van der Waals surface area contributed by atoms with Gasteiger partial charge in [-0.1, -0.05) is 53.7 Å². The van der Waals surface area contributed by atoms with Crippen molar-refractivity contribution in [1.29, 1.82) is 0 Å². The fourth-order valence-electron chi connectivity index (χ4n) is 3.55. The molecule has 0 saturated carbocycles. The quantitative estimate of drug-likeness (QED) is 0.304. The van der Waals surface area contributed by atoms with Crippen molar-refractivity contribution >= 4 is 45.9 Å². The van der Waals surface area contributed by atoms with Crippen molar-refractivity contribution in [3.8, 4) is 0 Å². The van der Waals surface area contributed by atoms with E-state index in [0.717, 1.165) is 27.2 Å². The lowest BCUT2D eigenvalue weighted by molar-refractivity contribution is -0.130. The summed E-state index contributed by atoms with van der Waals surface area (Å²) in [7, 11) is 0. The topological polar surface area (TPSA) is 71.6 Å². The smallest absolute Gasteiger partial charge is 0.253 e. The lowest BCUT2D eigenvalue weighted by atomic mass is 10.0. The van der Waals surface area contributed by atoms with Crippen LogP contribution in [-0.2, 0) is 4.79 Å². The predicted molar refractivity (Wildman–Crippen MR) is 121 cm³/mol. The van der Waals surface area contributed by atoms with Crippen LogP contribution in [0.3, 0.4) is 0 Å². The predicted octanol–water partition coefficient (Wildman–Crippen LogP) is 5.35. The van der Waals surface area contributed by atoms with Gasteiger partial charge in [0, 0.05) is 16.8 Å². The van der Waals surface area contributed by atoms with Gasteiger partial charge in [-0.15, -0.1) is 0 Å². The molecule has 8 heteroatoms. The third-order valence-electron chi connectivity index (χ3n) is 5.05. The second-order valence-corrected chi connectivity index (χ2v) is 8.41. The van der Waals surface area contributed by atoms with Gasteiger partial charge in [-0.25, -0.2) is 15.0 Å². The highest BCUT2D eigenvalue weighted by Gasteiger charge is 2.34. The summed E-state index contributed by atoms with van der Waals surface area (Å²) in [5.74, 6) is 0.798. The average Bonchev–Trinajstić information content (AvgIpc) is 3.48. The molecule has 1 unspecified atom stereocenters. The second-order valence-electron chi connectivity index (χ2n) is 7.01. The molecule has 1 aliphatic heterocycles. The van der Waals surface area contributed by atoms with Gasteiger partial charge in [-0.3, -0.25) is 4.79 Å². The van der Waals surface area contributed by atoms with E-state index in [4.69, 9.17) is 16.0 Å². The molecule has 1 amide bonds. The van der Waals surface area contributed by atoms with Gasteiger partial charge in [-0.2, -0.15) is 5.10 Å². The minimum Gasteiger partial charge on any atom is -0.467 e. The van der Waals surface area contributed by atoms with Crippen LogP contribution in [0.2, 0.25) is 5.02 Å². The summed E-state index contributed by atoms with van der Waals surface area (Å²) in [5.41, 5.74) is 2.61. The maximum absolute atomic E-state index is 13.2. The van der Waals surface area contributed by atoms with Crippen molar-refractivity contribution in [2.45, 2.75) is 17.5 Å². The van der Waals surface area contributed by atoms with Crippen molar-refractivity contribution < 1.29 is 9.21 Å². The normalized spacial score (nSPS) is 16.0. The van der Waals surface area contributed by atoms with Crippen molar-refractivity contribution in [3.05, 3.63) is 89.6 Å². The molecule has 5 rings (SSSR count). The van der Waals surface area contributed by atoms with Crippen molar-refractivity contribution in [2.75, 3.05) is 5.75 Å². The summed E-state index contributed by atoms with van der Waals surface area (Å²) in [6.45, 7) is 0. The molecule has 0 aliphatic carbocycles. The number of benzene rings is 2. The van der Waals surface area contributed by atoms with E-state index < -0.39 is 0 Å². The van der Waals surface area contributed by atoms with E-state index in [-0.39, 0.29) is 17.7 Å².